The molecule has 2 aromatic heterocycles. The van der Waals surface area contributed by atoms with Gasteiger partial charge in [-0.3, -0.25) is 4.99 Å². The Kier molecular flexibility index (Phi) is 6.92. The molecule has 0 amide bonds. The van der Waals surface area contributed by atoms with Crippen molar-refractivity contribution in [3.8, 4) is 0 Å². The predicted molar refractivity (Wildman–Crippen MR) is 108 cm³/mol. The second-order valence-electron chi connectivity index (χ2n) is 6.37. The van der Waals surface area contributed by atoms with E-state index in [9.17, 15) is 8.42 Å². The lowest BCUT2D eigenvalue weighted by molar-refractivity contribution is 0.347. The van der Waals surface area contributed by atoms with Gasteiger partial charge in [-0.15, -0.1) is 11.3 Å². The fourth-order valence-corrected chi connectivity index (χ4v) is 5.94. The zero-order valence-electron chi connectivity index (χ0n) is 15.5. The van der Waals surface area contributed by atoms with Crippen LogP contribution in [0, 0.1) is 0 Å². The Hall–Kier alpha value is -1.84. The third-order valence-electron chi connectivity index (χ3n) is 4.44. The fourth-order valence-electron chi connectivity index (χ4n) is 2.97. The molecule has 0 radical (unpaired) electrons. The Morgan fingerprint density at radius 2 is 2.04 bits per heavy atom. The lowest BCUT2D eigenvalue weighted by atomic mass is 10.2. The normalized spacial score (nSPS) is 16.4. The molecule has 9 heteroatoms. The fraction of sp³-hybridized carbons (Fsp3) is 0.500. The van der Waals surface area contributed by atoms with E-state index in [0.717, 1.165) is 36.3 Å². The highest BCUT2D eigenvalue weighted by Gasteiger charge is 2.27. The average Bonchev–Trinajstić information content (AvgIpc) is 3.37. The largest absolute Gasteiger partial charge is 0.469 e. The molecule has 1 aliphatic rings. The van der Waals surface area contributed by atoms with Crippen LogP contribution in [0.2, 0.25) is 0 Å². The number of piperidine rings is 1. The third-order valence-corrected chi connectivity index (χ3v) is 7.90. The molecule has 2 N–H and O–H groups in total. The van der Waals surface area contributed by atoms with Crippen LogP contribution in [0.4, 0.5) is 0 Å². The van der Waals surface area contributed by atoms with Gasteiger partial charge in [-0.1, -0.05) is 6.42 Å². The maximum absolute atomic E-state index is 12.7. The van der Waals surface area contributed by atoms with Crippen molar-refractivity contribution < 1.29 is 12.8 Å². The number of hydrogen-bond acceptors (Lipinski definition) is 5. The van der Waals surface area contributed by atoms with Gasteiger partial charge in [-0.25, -0.2) is 8.42 Å². The molecule has 2 aromatic rings. The quantitative estimate of drug-likeness (QED) is 0.541. The van der Waals surface area contributed by atoms with Crippen LogP contribution in [-0.2, 0) is 23.0 Å². The molecule has 1 saturated heterocycles. The van der Waals surface area contributed by atoms with Crippen molar-refractivity contribution in [2.24, 2.45) is 4.99 Å². The van der Waals surface area contributed by atoms with Crippen molar-refractivity contribution in [1.29, 1.82) is 0 Å². The maximum Gasteiger partial charge on any atom is 0.252 e. The van der Waals surface area contributed by atoms with Crippen LogP contribution in [0.15, 0.2) is 44.1 Å². The van der Waals surface area contributed by atoms with Gasteiger partial charge in [0.05, 0.1) is 12.8 Å². The number of guanidine groups is 1. The lowest BCUT2D eigenvalue weighted by Gasteiger charge is -2.25. The second-order valence-corrected chi connectivity index (χ2v) is 9.70. The molecule has 0 saturated carbocycles. The number of nitrogens with one attached hydrogen (secondary N) is 2. The van der Waals surface area contributed by atoms with Crippen molar-refractivity contribution in [2.75, 3.05) is 26.7 Å². The Balaban J connectivity index is 1.50. The van der Waals surface area contributed by atoms with E-state index in [2.05, 4.69) is 15.6 Å². The maximum atomic E-state index is 12.7. The highest BCUT2D eigenvalue weighted by molar-refractivity contribution is 7.91. The van der Waals surface area contributed by atoms with Crippen molar-refractivity contribution in [1.82, 2.24) is 14.9 Å². The Labute approximate surface area is 164 Å². The highest BCUT2D eigenvalue weighted by Crippen LogP contribution is 2.26. The Morgan fingerprint density at radius 3 is 2.74 bits per heavy atom. The first-order chi connectivity index (χ1) is 13.1. The number of sulfonamides is 1. The van der Waals surface area contributed by atoms with Crippen LogP contribution in [0.3, 0.4) is 0 Å². The molecule has 1 fully saturated rings. The van der Waals surface area contributed by atoms with Crippen LogP contribution in [0.5, 0.6) is 0 Å². The van der Waals surface area contributed by atoms with Gasteiger partial charge < -0.3 is 15.1 Å². The van der Waals surface area contributed by atoms with Crippen molar-refractivity contribution in [3.05, 3.63) is 41.2 Å². The summed E-state index contributed by atoms with van der Waals surface area (Å²) in [6.07, 6.45) is 5.43. The van der Waals surface area contributed by atoms with Crippen LogP contribution in [0.1, 0.15) is 29.9 Å². The van der Waals surface area contributed by atoms with Crippen molar-refractivity contribution in [3.63, 3.8) is 0 Å². The highest BCUT2D eigenvalue weighted by atomic mass is 32.2. The molecule has 7 nitrogen and oxygen atoms in total. The van der Waals surface area contributed by atoms with E-state index in [0.29, 0.717) is 36.3 Å². The lowest BCUT2D eigenvalue weighted by Crippen LogP contribution is -2.37. The smallest absolute Gasteiger partial charge is 0.252 e. The number of furan rings is 1. The van der Waals surface area contributed by atoms with E-state index in [1.165, 1.54) is 11.3 Å². The van der Waals surface area contributed by atoms with Gasteiger partial charge in [0.2, 0.25) is 0 Å². The van der Waals surface area contributed by atoms with Crippen molar-refractivity contribution in [2.45, 2.75) is 36.4 Å². The SMILES string of the molecule is CN=C(NCCc1ccco1)NCc1ccc(S(=O)(=O)N2CCCCC2)s1. The molecular weight excluding hydrogens is 384 g/mol. The minimum atomic E-state index is -3.36. The summed E-state index contributed by atoms with van der Waals surface area (Å²) in [4.78, 5) is 5.15. The van der Waals surface area contributed by atoms with E-state index in [1.807, 2.05) is 18.2 Å². The molecule has 1 aliphatic heterocycles. The number of nitrogens with zero attached hydrogens (tertiary/aromatic N) is 2. The van der Waals surface area contributed by atoms with E-state index < -0.39 is 10.0 Å². The molecule has 0 aliphatic carbocycles. The molecule has 0 aromatic carbocycles. The van der Waals surface area contributed by atoms with Gasteiger partial charge in [-0.05, 0) is 37.1 Å². The summed E-state index contributed by atoms with van der Waals surface area (Å²) < 4.78 is 32.8. The first-order valence-electron chi connectivity index (χ1n) is 9.15. The minimum Gasteiger partial charge on any atom is -0.469 e. The minimum absolute atomic E-state index is 0.418. The molecular formula is C18H26N4O3S2. The van der Waals surface area contributed by atoms with E-state index >= 15 is 0 Å². The van der Waals surface area contributed by atoms with Crippen molar-refractivity contribution >= 4 is 27.3 Å². The molecule has 0 spiro atoms. The molecule has 3 rings (SSSR count). The molecule has 0 atom stereocenters. The topological polar surface area (TPSA) is 86.9 Å². The number of aliphatic imine (C=N–C) groups is 1. The second kappa shape index (κ2) is 9.38. The molecule has 27 heavy (non-hydrogen) atoms. The number of hydrogen-bond donors (Lipinski definition) is 2. The first kappa shape index (κ1) is 19.9. The Bertz CT molecular complexity index is 838. The first-order valence-corrected chi connectivity index (χ1v) is 11.4. The number of rotatable bonds is 7. The summed E-state index contributed by atoms with van der Waals surface area (Å²) in [7, 11) is -1.65. The predicted octanol–water partition coefficient (Wildman–Crippen LogP) is 2.42. The molecule has 0 bridgehead atoms. The van der Waals surface area contributed by atoms with E-state index in [1.54, 1.807) is 23.7 Å². The third kappa shape index (κ3) is 5.33. The summed E-state index contributed by atoms with van der Waals surface area (Å²) in [5, 5.41) is 6.44. The molecule has 148 valence electrons. The summed E-state index contributed by atoms with van der Waals surface area (Å²) >= 11 is 1.32. The van der Waals surface area contributed by atoms with Gasteiger partial charge in [0.1, 0.15) is 9.97 Å². The van der Waals surface area contributed by atoms with Crippen LogP contribution in [0.25, 0.3) is 0 Å². The summed E-state index contributed by atoms with van der Waals surface area (Å²) in [6.45, 7) is 2.48. The summed E-state index contributed by atoms with van der Waals surface area (Å²) in [5.41, 5.74) is 0. The molecule has 3 heterocycles. The summed E-state index contributed by atoms with van der Waals surface area (Å²) in [6, 6.07) is 7.38. The molecule has 0 unspecified atom stereocenters. The van der Waals surface area contributed by atoms with Gasteiger partial charge in [0.15, 0.2) is 5.96 Å². The van der Waals surface area contributed by atoms with Crippen LogP contribution < -0.4 is 10.6 Å². The van der Waals surface area contributed by atoms with Gasteiger partial charge in [0, 0.05) is 38.0 Å². The van der Waals surface area contributed by atoms with Crippen LogP contribution >= 0.6 is 11.3 Å². The van der Waals surface area contributed by atoms with Gasteiger partial charge in [-0.2, -0.15) is 4.31 Å². The monoisotopic (exact) mass is 410 g/mol. The zero-order chi connectivity index (χ0) is 19.1. The van der Waals surface area contributed by atoms with Gasteiger partial charge in [0.25, 0.3) is 10.0 Å². The standard InChI is InChI=1S/C18H26N4O3S2/c1-19-18(20-10-9-15-6-5-13-25-15)21-14-16-7-8-17(26-16)27(23,24)22-11-3-2-4-12-22/h5-8,13H,2-4,9-12,14H2,1H3,(H2,19,20,21). The van der Waals surface area contributed by atoms with E-state index in [4.69, 9.17) is 4.42 Å². The van der Waals surface area contributed by atoms with Gasteiger partial charge >= 0.3 is 0 Å². The summed E-state index contributed by atoms with van der Waals surface area (Å²) in [5.74, 6) is 1.60. The van der Waals surface area contributed by atoms with E-state index in [-0.39, 0.29) is 0 Å². The number of thiophene rings is 1. The average molecular weight is 411 g/mol. The zero-order valence-corrected chi connectivity index (χ0v) is 17.1. The Morgan fingerprint density at radius 1 is 1.22 bits per heavy atom. The van der Waals surface area contributed by atoms with Crippen LogP contribution in [-0.4, -0.2) is 45.4 Å².